The van der Waals surface area contributed by atoms with Gasteiger partial charge in [-0.15, -0.1) is 11.3 Å². The molecule has 0 spiro atoms. The number of hydrogen-bond donors (Lipinski definition) is 0. The Kier molecular flexibility index (Phi) is 8.11. The van der Waals surface area contributed by atoms with Gasteiger partial charge in [-0.2, -0.15) is 4.31 Å². The van der Waals surface area contributed by atoms with Crippen LogP contribution >= 0.6 is 11.3 Å². The summed E-state index contributed by atoms with van der Waals surface area (Å²) in [6, 6.07) is 16.3. The summed E-state index contributed by atoms with van der Waals surface area (Å²) in [7, 11) is -3.80. The van der Waals surface area contributed by atoms with Gasteiger partial charge in [-0.25, -0.2) is 8.42 Å². The predicted octanol–water partition coefficient (Wildman–Crippen LogP) is 5.70. The van der Waals surface area contributed by atoms with Gasteiger partial charge in [0.2, 0.25) is 10.0 Å². The molecule has 0 N–H and O–H groups in total. The van der Waals surface area contributed by atoms with E-state index in [9.17, 15) is 18.0 Å². The molecule has 0 radical (unpaired) electrons. The number of para-hydroxylation sites is 1. The lowest BCUT2D eigenvalue weighted by atomic mass is 9.82. The summed E-state index contributed by atoms with van der Waals surface area (Å²) >= 11 is 1.37. The van der Waals surface area contributed by atoms with Gasteiger partial charge in [0.1, 0.15) is 22.4 Å². The third-order valence-electron chi connectivity index (χ3n) is 6.98. The van der Waals surface area contributed by atoms with Gasteiger partial charge in [-0.3, -0.25) is 9.59 Å². The molecule has 38 heavy (non-hydrogen) atoms. The molecule has 0 bridgehead atoms. The highest BCUT2D eigenvalue weighted by Crippen LogP contribution is 2.41. The molecule has 1 aliphatic rings. The van der Waals surface area contributed by atoms with E-state index in [1.54, 1.807) is 30.3 Å². The molecule has 0 saturated carbocycles. The molecule has 2 aromatic carbocycles. The summed E-state index contributed by atoms with van der Waals surface area (Å²) < 4.78 is 40.5. The number of carbonyl (C=O) groups excluding carboxylic acids is 2. The third-order valence-corrected chi connectivity index (χ3v) is 10.1. The van der Waals surface area contributed by atoms with E-state index in [0.717, 1.165) is 21.6 Å². The maximum Gasteiger partial charge on any atom is 0.293 e. The molecule has 7 nitrogen and oxygen atoms in total. The van der Waals surface area contributed by atoms with Crippen molar-refractivity contribution >= 4 is 33.6 Å². The largest absolute Gasteiger partial charge is 0.488 e. The van der Waals surface area contributed by atoms with Gasteiger partial charge < -0.3 is 9.47 Å². The van der Waals surface area contributed by atoms with Crippen LogP contribution in [-0.2, 0) is 26.1 Å². The Bertz CT molecular complexity index is 1440. The van der Waals surface area contributed by atoms with Crippen LogP contribution in [0.15, 0.2) is 59.5 Å². The molecular formula is C29H33NO6S2. The topological polar surface area (TPSA) is 90.0 Å². The first kappa shape index (κ1) is 28.0. The highest BCUT2D eigenvalue weighted by atomic mass is 32.2. The van der Waals surface area contributed by atoms with Crippen molar-refractivity contribution in [2.75, 3.05) is 6.54 Å². The SMILES string of the molecule is CC[C@@H]1CN(Cc2cc(C(c3ccc(C(C)=O)s3)C(C)(C)OC=O)ccc2C)S(=O)(=O)c2ccccc2O1. The lowest BCUT2D eigenvalue weighted by molar-refractivity contribution is -0.141. The molecule has 4 rings (SSSR count). The van der Waals surface area contributed by atoms with Crippen molar-refractivity contribution in [1.29, 1.82) is 0 Å². The minimum absolute atomic E-state index is 0.0296. The maximum absolute atomic E-state index is 13.7. The lowest BCUT2D eigenvalue weighted by Gasteiger charge is -2.33. The number of sulfonamides is 1. The molecule has 1 aliphatic heterocycles. The quantitative estimate of drug-likeness (QED) is 0.248. The molecule has 0 saturated heterocycles. The number of ketones is 1. The first-order valence-electron chi connectivity index (χ1n) is 12.5. The summed E-state index contributed by atoms with van der Waals surface area (Å²) in [5, 5.41) is 0. The Balaban J connectivity index is 1.77. The molecule has 0 amide bonds. The Labute approximate surface area is 228 Å². The zero-order valence-electron chi connectivity index (χ0n) is 22.3. The monoisotopic (exact) mass is 555 g/mol. The second-order valence-corrected chi connectivity index (χ2v) is 13.1. The van der Waals surface area contributed by atoms with Crippen molar-refractivity contribution in [3.8, 4) is 5.75 Å². The van der Waals surface area contributed by atoms with Crippen LogP contribution in [0.1, 0.15) is 71.3 Å². The van der Waals surface area contributed by atoms with Crippen molar-refractivity contribution in [2.24, 2.45) is 0 Å². The molecule has 1 aromatic heterocycles. The Morgan fingerprint density at radius 3 is 2.61 bits per heavy atom. The standard InChI is InChI=1S/C29H33NO6S2/c1-6-23-17-30(38(33,34)27-10-8-7-9-24(27)36-23)16-22-15-21(12-11-19(22)2)28(29(4,5)35-18-31)26-14-13-25(37-26)20(3)32/h7-15,18,23,28H,6,16-17H2,1-5H3/t23-,28?/m1/s1. The first-order valence-corrected chi connectivity index (χ1v) is 14.8. The van der Waals surface area contributed by atoms with Crippen LogP contribution in [-0.4, -0.2) is 43.2 Å². The van der Waals surface area contributed by atoms with Crippen LogP contribution in [0.5, 0.6) is 5.75 Å². The highest BCUT2D eigenvalue weighted by Gasteiger charge is 2.37. The second kappa shape index (κ2) is 11.0. The number of benzene rings is 2. The molecule has 9 heteroatoms. The van der Waals surface area contributed by atoms with Crippen molar-refractivity contribution < 1.29 is 27.5 Å². The smallest absolute Gasteiger partial charge is 0.293 e. The number of Topliss-reactive ketones (excluding diaryl/α,β-unsaturated/α-hetero) is 1. The van der Waals surface area contributed by atoms with Crippen LogP contribution in [0.2, 0.25) is 0 Å². The number of nitrogens with zero attached hydrogens (tertiary/aromatic N) is 1. The minimum atomic E-state index is -3.80. The number of aryl methyl sites for hydroxylation is 1. The van der Waals surface area contributed by atoms with Crippen LogP contribution in [0, 0.1) is 6.92 Å². The number of rotatable bonds is 9. The molecule has 0 aliphatic carbocycles. The number of fused-ring (bicyclic) bond motifs is 1. The van der Waals surface area contributed by atoms with E-state index in [2.05, 4.69) is 0 Å². The van der Waals surface area contributed by atoms with Gasteiger partial charge in [0, 0.05) is 11.4 Å². The van der Waals surface area contributed by atoms with Gasteiger partial charge in [0.05, 0.1) is 17.3 Å². The van der Waals surface area contributed by atoms with Gasteiger partial charge in [-0.05, 0) is 75.1 Å². The molecule has 2 atom stereocenters. The highest BCUT2D eigenvalue weighted by molar-refractivity contribution is 7.89. The third kappa shape index (κ3) is 5.55. The Morgan fingerprint density at radius 2 is 1.95 bits per heavy atom. The van der Waals surface area contributed by atoms with E-state index in [1.165, 1.54) is 22.6 Å². The van der Waals surface area contributed by atoms with Gasteiger partial charge in [-0.1, -0.05) is 37.3 Å². The summed E-state index contributed by atoms with van der Waals surface area (Å²) in [5.74, 6) is -0.0180. The van der Waals surface area contributed by atoms with Crippen LogP contribution in [0.4, 0.5) is 0 Å². The summed E-state index contributed by atoms with van der Waals surface area (Å²) in [4.78, 5) is 25.1. The summed E-state index contributed by atoms with van der Waals surface area (Å²) in [6.07, 6.45) is 0.385. The number of thiophene rings is 1. The number of carbonyl (C=O) groups is 2. The predicted molar refractivity (Wildman–Crippen MR) is 147 cm³/mol. The zero-order chi connectivity index (χ0) is 27.7. The van der Waals surface area contributed by atoms with Gasteiger partial charge in [0.25, 0.3) is 6.47 Å². The maximum atomic E-state index is 13.7. The minimum Gasteiger partial charge on any atom is -0.488 e. The fraction of sp³-hybridized carbons (Fsp3) is 0.379. The summed E-state index contributed by atoms with van der Waals surface area (Å²) in [5.41, 5.74) is 1.74. The zero-order valence-corrected chi connectivity index (χ0v) is 23.9. The first-order chi connectivity index (χ1) is 18.0. The van der Waals surface area contributed by atoms with E-state index >= 15 is 0 Å². The van der Waals surface area contributed by atoms with Crippen LogP contribution in [0.25, 0.3) is 0 Å². The average Bonchev–Trinajstić information content (AvgIpc) is 3.31. The average molecular weight is 556 g/mol. The van der Waals surface area contributed by atoms with E-state index in [0.29, 0.717) is 23.5 Å². The molecule has 3 aromatic rings. The molecule has 1 unspecified atom stereocenters. The van der Waals surface area contributed by atoms with Gasteiger partial charge in [0.15, 0.2) is 5.78 Å². The van der Waals surface area contributed by atoms with Crippen molar-refractivity contribution in [3.63, 3.8) is 0 Å². The molecule has 2 heterocycles. The normalized spacial score (nSPS) is 18.1. The second-order valence-electron chi connectivity index (χ2n) is 10.1. The van der Waals surface area contributed by atoms with Crippen LogP contribution in [0.3, 0.4) is 0 Å². The number of ether oxygens (including phenoxy) is 2. The van der Waals surface area contributed by atoms with E-state index < -0.39 is 15.6 Å². The van der Waals surface area contributed by atoms with E-state index in [4.69, 9.17) is 9.47 Å². The Morgan fingerprint density at radius 1 is 1.21 bits per heavy atom. The van der Waals surface area contributed by atoms with E-state index in [-0.39, 0.29) is 35.8 Å². The summed E-state index contributed by atoms with van der Waals surface area (Å²) in [6.45, 7) is 9.95. The molecule has 202 valence electrons. The lowest BCUT2D eigenvalue weighted by Crippen LogP contribution is -2.36. The Hall–Kier alpha value is -3.01. The molecular weight excluding hydrogens is 522 g/mol. The van der Waals surface area contributed by atoms with Crippen LogP contribution < -0.4 is 4.74 Å². The fourth-order valence-corrected chi connectivity index (χ4v) is 7.61. The van der Waals surface area contributed by atoms with E-state index in [1.807, 2.05) is 52.0 Å². The van der Waals surface area contributed by atoms with Gasteiger partial charge >= 0.3 is 0 Å². The fourth-order valence-electron chi connectivity index (χ4n) is 4.83. The van der Waals surface area contributed by atoms with Crippen molar-refractivity contribution in [3.05, 3.63) is 81.0 Å². The van der Waals surface area contributed by atoms with Crippen molar-refractivity contribution in [1.82, 2.24) is 4.31 Å². The molecule has 0 fully saturated rings. The van der Waals surface area contributed by atoms with Crippen molar-refractivity contribution in [2.45, 2.75) is 70.1 Å². The number of hydrogen-bond acceptors (Lipinski definition) is 7.